The zero-order valence-corrected chi connectivity index (χ0v) is 18.8. The number of hydrogen-bond donors (Lipinski definition) is 0. The van der Waals surface area contributed by atoms with Crippen LogP contribution in [0.3, 0.4) is 0 Å². The van der Waals surface area contributed by atoms with E-state index in [1.54, 1.807) is 22.2 Å². The molecule has 0 saturated carbocycles. The van der Waals surface area contributed by atoms with Crippen LogP contribution in [0.25, 0.3) is 10.9 Å². The Hall–Kier alpha value is -3.25. The maximum Gasteiger partial charge on any atom is 0.261 e. The fraction of sp³-hybridized carbons (Fsp3) is 0.269. The van der Waals surface area contributed by atoms with Crippen LogP contribution in [0.15, 0.2) is 71.1 Å². The second-order valence-electron chi connectivity index (χ2n) is 8.27. The number of para-hydroxylation sites is 1. The molecule has 5 rings (SSSR count). The first kappa shape index (κ1) is 20.6. The molecule has 1 atom stereocenters. The molecular weight excluding hydrogens is 418 g/mol. The second-order valence-corrected chi connectivity index (χ2v) is 9.27. The van der Waals surface area contributed by atoms with E-state index in [-0.39, 0.29) is 17.5 Å². The maximum absolute atomic E-state index is 13.3. The Kier molecular flexibility index (Phi) is 5.62. The van der Waals surface area contributed by atoms with Gasteiger partial charge in [0, 0.05) is 24.4 Å². The molecule has 32 heavy (non-hydrogen) atoms. The number of aromatic nitrogens is 2. The zero-order chi connectivity index (χ0) is 22.1. The summed E-state index contributed by atoms with van der Waals surface area (Å²) in [5, 5.41) is 2.75. The van der Waals surface area contributed by atoms with Crippen molar-refractivity contribution in [3.05, 3.63) is 98.2 Å². The predicted molar refractivity (Wildman–Crippen MR) is 128 cm³/mol. The number of rotatable bonds is 5. The molecule has 2 aromatic carbocycles. The molecule has 4 aromatic rings. The van der Waals surface area contributed by atoms with Gasteiger partial charge < -0.3 is 4.90 Å². The molecule has 1 amide bonds. The molecule has 0 radical (unpaired) electrons. The third-order valence-electron chi connectivity index (χ3n) is 6.25. The Labute approximate surface area is 191 Å². The number of carbonyl (C=O) groups is 1. The van der Waals surface area contributed by atoms with Crippen molar-refractivity contribution in [3.8, 4) is 0 Å². The first-order valence-electron chi connectivity index (χ1n) is 11.0. The van der Waals surface area contributed by atoms with Crippen molar-refractivity contribution in [2.24, 2.45) is 0 Å². The Bertz CT molecular complexity index is 1330. The van der Waals surface area contributed by atoms with E-state index in [1.807, 2.05) is 48.2 Å². The lowest BCUT2D eigenvalue weighted by molar-refractivity contribution is -0.133. The smallest absolute Gasteiger partial charge is 0.261 e. The van der Waals surface area contributed by atoms with Crippen LogP contribution in [0, 0.1) is 6.92 Å². The first-order chi connectivity index (χ1) is 15.6. The van der Waals surface area contributed by atoms with Crippen molar-refractivity contribution in [3.63, 3.8) is 0 Å². The van der Waals surface area contributed by atoms with E-state index in [2.05, 4.69) is 28.6 Å². The summed E-state index contributed by atoms with van der Waals surface area (Å²) in [6.07, 6.45) is 3.51. The lowest BCUT2D eigenvalue weighted by Crippen LogP contribution is -2.40. The third-order valence-corrected chi connectivity index (χ3v) is 7.24. The van der Waals surface area contributed by atoms with Crippen LogP contribution in [0.2, 0.25) is 0 Å². The van der Waals surface area contributed by atoms with Crippen molar-refractivity contribution in [2.45, 2.75) is 38.8 Å². The van der Waals surface area contributed by atoms with Gasteiger partial charge in [-0.15, -0.1) is 11.3 Å². The van der Waals surface area contributed by atoms with Crippen LogP contribution >= 0.6 is 11.3 Å². The summed E-state index contributed by atoms with van der Waals surface area (Å²) < 4.78 is 1.62. The molecule has 0 N–H and O–H groups in total. The fourth-order valence-electron chi connectivity index (χ4n) is 4.62. The molecule has 0 aliphatic carbocycles. The number of amides is 1. The van der Waals surface area contributed by atoms with E-state index in [0.29, 0.717) is 24.8 Å². The maximum atomic E-state index is 13.3. The van der Waals surface area contributed by atoms with Gasteiger partial charge in [0.15, 0.2) is 0 Å². The van der Waals surface area contributed by atoms with Crippen molar-refractivity contribution in [1.82, 2.24) is 14.5 Å². The van der Waals surface area contributed by atoms with Crippen molar-refractivity contribution < 1.29 is 4.79 Å². The van der Waals surface area contributed by atoms with Gasteiger partial charge in [0.2, 0.25) is 5.91 Å². The summed E-state index contributed by atoms with van der Waals surface area (Å²) in [7, 11) is 0. The first-order valence-corrected chi connectivity index (χ1v) is 11.9. The Morgan fingerprint density at radius 1 is 1.12 bits per heavy atom. The molecule has 0 fully saturated rings. The molecule has 0 unspecified atom stereocenters. The van der Waals surface area contributed by atoms with Gasteiger partial charge in [-0.05, 0) is 54.0 Å². The van der Waals surface area contributed by atoms with Crippen LogP contribution in [0.1, 0.15) is 40.5 Å². The summed E-state index contributed by atoms with van der Waals surface area (Å²) in [5.74, 6) is 0.133. The quantitative estimate of drug-likeness (QED) is 0.448. The lowest BCUT2D eigenvalue weighted by Gasteiger charge is -2.36. The lowest BCUT2D eigenvalue weighted by atomic mass is 9.93. The van der Waals surface area contributed by atoms with E-state index in [0.717, 1.165) is 29.6 Å². The van der Waals surface area contributed by atoms with Crippen molar-refractivity contribution in [1.29, 1.82) is 0 Å². The topological polar surface area (TPSA) is 55.2 Å². The van der Waals surface area contributed by atoms with Crippen molar-refractivity contribution in [2.75, 3.05) is 6.54 Å². The standard InChI is InChI=1S/C26H25N3O2S/c1-18-7-5-10-21-24(18)27-17-28(26(21)31)14-6-11-23(30)29-15-12-22-20(13-16-32-22)25(29)19-8-3-2-4-9-19/h2-5,7-10,13,16-17,25H,6,11-12,14-15H2,1H3/t25-/m1/s1. The monoisotopic (exact) mass is 443 g/mol. The normalized spacial score (nSPS) is 15.7. The highest BCUT2D eigenvalue weighted by Gasteiger charge is 2.32. The minimum Gasteiger partial charge on any atom is -0.331 e. The van der Waals surface area contributed by atoms with E-state index in [4.69, 9.17) is 0 Å². The van der Waals surface area contributed by atoms with Gasteiger partial charge in [0.25, 0.3) is 5.56 Å². The predicted octanol–water partition coefficient (Wildman–Crippen LogP) is 4.72. The number of hydrogen-bond acceptors (Lipinski definition) is 4. The highest BCUT2D eigenvalue weighted by atomic mass is 32.1. The fourth-order valence-corrected chi connectivity index (χ4v) is 5.52. The van der Waals surface area contributed by atoms with Crippen LogP contribution in [-0.4, -0.2) is 26.9 Å². The van der Waals surface area contributed by atoms with Gasteiger partial charge in [-0.1, -0.05) is 42.5 Å². The van der Waals surface area contributed by atoms with E-state index in [1.165, 1.54) is 10.4 Å². The van der Waals surface area contributed by atoms with Crippen LogP contribution < -0.4 is 5.56 Å². The molecule has 0 bridgehead atoms. The summed E-state index contributed by atoms with van der Waals surface area (Å²) in [5.41, 5.74) is 4.08. The molecule has 1 aliphatic heterocycles. The van der Waals surface area contributed by atoms with Crippen molar-refractivity contribution >= 4 is 28.1 Å². The molecule has 3 heterocycles. The third kappa shape index (κ3) is 3.75. The molecule has 1 aliphatic rings. The number of thiophene rings is 1. The molecule has 5 nitrogen and oxygen atoms in total. The largest absolute Gasteiger partial charge is 0.331 e. The van der Waals surface area contributed by atoms with Gasteiger partial charge in [-0.2, -0.15) is 0 Å². The van der Waals surface area contributed by atoms with Crippen LogP contribution in [0.5, 0.6) is 0 Å². The van der Waals surface area contributed by atoms with E-state index < -0.39 is 0 Å². The Balaban J connectivity index is 1.32. The molecule has 2 aromatic heterocycles. The average molecular weight is 444 g/mol. The number of nitrogens with zero attached hydrogens (tertiary/aromatic N) is 3. The SMILES string of the molecule is Cc1cccc2c(=O)n(CCCC(=O)N3CCc4sccc4[C@H]3c3ccccc3)cnc12. The number of carbonyl (C=O) groups excluding carboxylic acids is 1. The summed E-state index contributed by atoms with van der Waals surface area (Å²) in [6, 6.07) is 18.0. The molecule has 162 valence electrons. The molecule has 0 spiro atoms. The summed E-state index contributed by atoms with van der Waals surface area (Å²) in [6.45, 7) is 3.16. The zero-order valence-electron chi connectivity index (χ0n) is 18.0. The van der Waals surface area contributed by atoms with Crippen LogP contribution in [-0.2, 0) is 17.8 Å². The van der Waals surface area contributed by atoms with Gasteiger partial charge in [0.05, 0.1) is 23.3 Å². The highest BCUT2D eigenvalue weighted by molar-refractivity contribution is 7.10. The number of aryl methyl sites for hydroxylation is 2. The van der Waals surface area contributed by atoms with Gasteiger partial charge in [-0.25, -0.2) is 4.98 Å². The van der Waals surface area contributed by atoms with E-state index in [9.17, 15) is 9.59 Å². The highest BCUT2D eigenvalue weighted by Crippen LogP contribution is 2.38. The van der Waals surface area contributed by atoms with Gasteiger partial charge in [0.1, 0.15) is 0 Å². The summed E-state index contributed by atoms with van der Waals surface area (Å²) in [4.78, 5) is 33.9. The number of benzene rings is 2. The van der Waals surface area contributed by atoms with Gasteiger partial charge >= 0.3 is 0 Å². The van der Waals surface area contributed by atoms with Crippen LogP contribution in [0.4, 0.5) is 0 Å². The minimum atomic E-state index is -0.0470. The molecular formula is C26H25N3O2S. The Morgan fingerprint density at radius 3 is 2.81 bits per heavy atom. The second kappa shape index (κ2) is 8.71. The van der Waals surface area contributed by atoms with E-state index >= 15 is 0 Å². The number of fused-ring (bicyclic) bond motifs is 2. The molecule has 0 saturated heterocycles. The van der Waals surface area contributed by atoms with Gasteiger partial charge in [-0.3, -0.25) is 14.2 Å². The summed E-state index contributed by atoms with van der Waals surface area (Å²) >= 11 is 1.77. The Morgan fingerprint density at radius 2 is 1.97 bits per heavy atom. The minimum absolute atomic E-state index is 0.0354. The average Bonchev–Trinajstić information content (AvgIpc) is 3.30. The molecule has 6 heteroatoms.